The molecule has 1 aromatic rings. The van der Waals surface area contributed by atoms with Crippen LogP contribution in [-0.2, 0) is 4.74 Å². The Hall–Kier alpha value is -1.71. The Kier molecular flexibility index (Phi) is 6.36. The van der Waals surface area contributed by atoms with Crippen LogP contribution in [0.1, 0.15) is 16.8 Å². The number of carbonyl (C=O) groups excluding carboxylic acids is 1. The lowest BCUT2D eigenvalue weighted by molar-refractivity contribution is 0.0695. The fourth-order valence-corrected chi connectivity index (χ4v) is 1.71. The van der Waals surface area contributed by atoms with E-state index in [1.165, 1.54) is 12.0 Å². The molecule has 0 spiro atoms. The second kappa shape index (κ2) is 7.78. The van der Waals surface area contributed by atoms with Crippen molar-refractivity contribution in [3.63, 3.8) is 0 Å². The second-order valence-electron chi connectivity index (χ2n) is 3.94. The van der Waals surface area contributed by atoms with Crippen LogP contribution in [0.5, 0.6) is 0 Å². The van der Waals surface area contributed by atoms with Crippen molar-refractivity contribution in [1.29, 1.82) is 5.26 Å². The highest BCUT2D eigenvalue weighted by atomic mass is 35.5. The summed E-state index contributed by atoms with van der Waals surface area (Å²) < 4.78 is 31.9. The van der Waals surface area contributed by atoms with Crippen molar-refractivity contribution < 1.29 is 18.3 Å². The van der Waals surface area contributed by atoms with Gasteiger partial charge in [-0.05, 0) is 12.1 Å². The molecule has 1 aromatic carbocycles. The van der Waals surface area contributed by atoms with Crippen LogP contribution >= 0.6 is 11.6 Å². The number of rotatable bonds is 6. The van der Waals surface area contributed by atoms with E-state index in [2.05, 4.69) is 0 Å². The van der Waals surface area contributed by atoms with Gasteiger partial charge in [0.2, 0.25) is 0 Å². The van der Waals surface area contributed by atoms with E-state index < -0.39 is 23.1 Å². The SMILES string of the molecule is COCCN(CCC#N)C(=O)c1cc(F)c(Cl)cc1F. The van der Waals surface area contributed by atoms with Crippen LogP contribution in [0.3, 0.4) is 0 Å². The van der Waals surface area contributed by atoms with E-state index in [-0.39, 0.29) is 31.1 Å². The topological polar surface area (TPSA) is 53.3 Å². The summed E-state index contributed by atoms with van der Waals surface area (Å²) in [4.78, 5) is 13.4. The quantitative estimate of drug-likeness (QED) is 0.759. The molecular weight excluding hydrogens is 290 g/mol. The number of nitriles is 1. The molecule has 0 saturated carbocycles. The maximum atomic E-state index is 13.7. The van der Waals surface area contributed by atoms with Gasteiger partial charge in [-0.3, -0.25) is 4.79 Å². The maximum absolute atomic E-state index is 13.7. The highest BCUT2D eigenvalue weighted by molar-refractivity contribution is 6.30. The van der Waals surface area contributed by atoms with Crippen LogP contribution in [0.15, 0.2) is 12.1 Å². The average Bonchev–Trinajstić information content (AvgIpc) is 2.42. The van der Waals surface area contributed by atoms with E-state index in [4.69, 9.17) is 21.6 Å². The molecule has 0 atom stereocenters. The van der Waals surface area contributed by atoms with Gasteiger partial charge in [-0.2, -0.15) is 5.26 Å². The van der Waals surface area contributed by atoms with E-state index in [1.54, 1.807) is 0 Å². The fourth-order valence-electron chi connectivity index (χ4n) is 1.56. The van der Waals surface area contributed by atoms with E-state index in [1.807, 2.05) is 6.07 Å². The molecule has 0 radical (unpaired) electrons. The first-order valence-corrected chi connectivity index (χ1v) is 6.18. The average molecular weight is 303 g/mol. The van der Waals surface area contributed by atoms with Crippen molar-refractivity contribution in [2.45, 2.75) is 6.42 Å². The van der Waals surface area contributed by atoms with Crippen molar-refractivity contribution >= 4 is 17.5 Å². The third-order valence-electron chi connectivity index (χ3n) is 2.59. The zero-order valence-corrected chi connectivity index (χ0v) is 11.6. The molecule has 7 heteroatoms. The lowest BCUT2D eigenvalue weighted by Crippen LogP contribution is -2.35. The lowest BCUT2D eigenvalue weighted by Gasteiger charge is -2.21. The van der Waals surface area contributed by atoms with Crippen molar-refractivity contribution in [2.75, 3.05) is 26.8 Å². The lowest BCUT2D eigenvalue weighted by atomic mass is 10.1. The highest BCUT2D eigenvalue weighted by Gasteiger charge is 2.21. The molecule has 108 valence electrons. The maximum Gasteiger partial charge on any atom is 0.257 e. The molecule has 0 fully saturated rings. The summed E-state index contributed by atoms with van der Waals surface area (Å²) in [7, 11) is 1.45. The molecule has 0 N–H and O–H groups in total. The predicted molar refractivity (Wildman–Crippen MR) is 69.4 cm³/mol. The minimum Gasteiger partial charge on any atom is -0.383 e. The first-order valence-electron chi connectivity index (χ1n) is 5.81. The first-order chi connectivity index (χ1) is 9.51. The van der Waals surface area contributed by atoms with Crippen LogP contribution in [0, 0.1) is 23.0 Å². The van der Waals surface area contributed by atoms with E-state index >= 15 is 0 Å². The molecule has 1 amide bonds. The summed E-state index contributed by atoms with van der Waals surface area (Å²) in [6.45, 7) is 0.526. The van der Waals surface area contributed by atoms with Crippen molar-refractivity contribution in [1.82, 2.24) is 4.90 Å². The molecular formula is C13H13ClF2N2O2. The van der Waals surface area contributed by atoms with Gasteiger partial charge < -0.3 is 9.64 Å². The number of hydrogen-bond acceptors (Lipinski definition) is 3. The standard InChI is InChI=1S/C13H13ClF2N2O2/c1-20-6-5-18(4-2-3-17)13(19)9-7-12(16)10(14)8-11(9)15/h7-8H,2,4-6H2,1H3. The third kappa shape index (κ3) is 4.15. The molecule has 0 aromatic heterocycles. The van der Waals surface area contributed by atoms with Crippen LogP contribution in [-0.4, -0.2) is 37.6 Å². The molecule has 0 aliphatic carbocycles. The Labute approximate surface area is 120 Å². The number of hydrogen-bond donors (Lipinski definition) is 0. The number of benzene rings is 1. The fraction of sp³-hybridized carbons (Fsp3) is 0.385. The number of methoxy groups -OCH3 is 1. The van der Waals surface area contributed by atoms with Crippen molar-refractivity contribution in [3.8, 4) is 6.07 Å². The van der Waals surface area contributed by atoms with E-state index in [9.17, 15) is 13.6 Å². The van der Waals surface area contributed by atoms with Gasteiger partial charge in [-0.25, -0.2) is 8.78 Å². The normalized spacial score (nSPS) is 10.2. The summed E-state index contributed by atoms with van der Waals surface area (Å²) in [5, 5.41) is 8.17. The summed E-state index contributed by atoms with van der Waals surface area (Å²) in [5.74, 6) is -2.48. The highest BCUT2D eigenvalue weighted by Crippen LogP contribution is 2.20. The number of nitrogens with zero attached hydrogens (tertiary/aromatic N) is 2. The molecule has 0 aliphatic heterocycles. The van der Waals surface area contributed by atoms with Gasteiger partial charge in [0.05, 0.1) is 29.7 Å². The number of ether oxygens (including phenoxy) is 1. The third-order valence-corrected chi connectivity index (χ3v) is 2.88. The summed E-state index contributed by atoms with van der Waals surface area (Å²) in [6.07, 6.45) is 0.0904. The number of amides is 1. The van der Waals surface area contributed by atoms with Gasteiger partial charge in [0.25, 0.3) is 5.91 Å². The molecule has 0 saturated heterocycles. The van der Waals surface area contributed by atoms with Gasteiger partial charge in [0.1, 0.15) is 11.6 Å². The van der Waals surface area contributed by atoms with Crippen LogP contribution in [0.25, 0.3) is 0 Å². The first kappa shape index (κ1) is 16.3. The Morgan fingerprint density at radius 3 is 2.70 bits per heavy atom. The number of carbonyl (C=O) groups is 1. The summed E-state index contributed by atoms with van der Waals surface area (Å²) in [5.41, 5.74) is -0.416. The smallest absolute Gasteiger partial charge is 0.257 e. The second-order valence-corrected chi connectivity index (χ2v) is 4.35. The van der Waals surface area contributed by atoms with Gasteiger partial charge in [-0.15, -0.1) is 0 Å². The molecule has 0 heterocycles. The van der Waals surface area contributed by atoms with Gasteiger partial charge in [0, 0.05) is 20.2 Å². The largest absolute Gasteiger partial charge is 0.383 e. The van der Waals surface area contributed by atoms with Gasteiger partial charge >= 0.3 is 0 Å². The van der Waals surface area contributed by atoms with Crippen LogP contribution < -0.4 is 0 Å². The Balaban J connectivity index is 2.99. The summed E-state index contributed by atoms with van der Waals surface area (Å²) >= 11 is 5.43. The zero-order valence-electron chi connectivity index (χ0n) is 10.8. The van der Waals surface area contributed by atoms with Crippen LogP contribution in [0.2, 0.25) is 5.02 Å². The molecule has 0 bridgehead atoms. The number of halogens is 3. The summed E-state index contributed by atoms with van der Waals surface area (Å²) in [6, 6.07) is 3.40. The van der Waals surface area contributed by atoms with E-state index in [0.717, 1.165) is 12.1 Å². The van der Waals surface area contributed by atoms with Crippen LogP contribution in [0.4, 0.5) is 8.78 Å². The molecule has 0 unspecified atom stereocenters. The van der Waals surface area contributed by atoms with Gasteiger partial charge in [0.15, 0.2) is 0 Å². The predicted octanol–water partition coefficient (Wildman–Crippen LogP) is 2.62. The Bertz CT molecular complexity index is 532. The Morgan fingerprint density at radius 1 is 1.40 bits per heavy atom. The molecule has 1 rings (SSSR count). The Morgan fingerprint density at radius 2 is 2.10 bits per heavy atom. The molecule has 4 nitrogen and oxygen atoms in total. The zero-order chi connectivity index (χ0) is 15.1. The van der Waals surface area contributed by atoms with Crippen molar-refractivity contribution in [3.05, 3.63) is 34.4 Å². The monoisotopic (exact) mass is 302 g/mol. The van der Waals surface area contributed by atoms with Gasteiger partial charge in [-0.1, -0.05) is 11.6 Å². The minimum absolute atomic E-state index is 0.0904. The van der Waals surface area contributed by atoms with Crippen molar-refractivity contribution in [2.24, 2.45) is 0 Å². The minimum atomic E-state index is -0.902. The van der Waals surface area contributed by atoms with E-state index in [0.29, 0.717) is 0 Å². The molecule has 0 aliphatic rings. The molecule has 20 heavy (non-hydrogen) atoms.